The number of esters is 1. The van der Waals surface area contributed by atoms with Crippen molar-refractivity contribution in [3.05, 3.63) is 48.6 Å². The number of nitrogens with two attached hydrogens (primary N) is 1. The summed E-state index contributed by atoms with van der Waals surface area (Å²) in [6, 6.07) is 0. The summed E-state index contributed by atoms with van der Waals surface area (Å²) < 4.78 is 10.8. The van der Waals surface area contributed by atoms with E-state index in [1.165, 1.54) is 0 Å². The second-order valence-electron chi connectivity index (χ2n) is 12.4. The van der Waals surface area contributed by atoms with Crippen LogP contribution >= 0.6 is 0 Å². The number of ether oxygens (including phenoxy) is 2. The van der Waals surface area contributed by atoms with Gasteiger partial charge in [0.1, 0.15) is 12.2 Å². The highest BCUT2D eigenvalue weighted by atomic mass is 16.6. The number of carbonyl (C=O) groups is 2. The standard InChI is InChI=1S/C33H55NO8/c1-10-11-12-20(4)31(42-33(34)40)24(8)29(37)22(6)16-18(2)15-21(5)28(36)19(3)13-14-26(35)17-27-23(7)30(38)25(9)32(39)41-27/h10-15,19-31,35-38H,1,16-17H2,2-9H3,(H2,34,40)/b12-11-,14-13-,18-15-/t19-,20-,21-,22-,23-,24-,25-,26+,27-,28-,29+,30-,31-/m0/s1. The Morgan fingerprint density at radius 3 is 2.21 bits per heavy atom. The highest BCUT2D eigenvalue weighted by Crippen LogP contribution is 2.30. The van der Waals surface area contributed by atoms with Crippen LogP contribution in [-0.2, 0) is 14.3 Å². The summed E-state index contributed by atoms with van der Waals surface area (Å²) in [6.45, 7) is 18.5. The normalized spacial score (nSPS) is 28.3. The van der Waals surface area contributed by atoms with Gasteiger partial charge >= 0.3 is 12.1 Å². The number of cyclic esters (lactones) is 1. The first kappa shape index (κ1) is 37.6. The molecule has 0 aromatic heterocycles. The van der Waals surface area contributed by atoms with Gasteiger partial charge in [0, 0.05) is 36.0 Å². The van der Waals surface area contributed by atoms with E-state index < -0.39 is 54.6 Å². The molecule has 0 bridgehead atoms. The number of aliphatic hydroxyl groups is 4. The number of hydrogen-bond donors (Lipinski definition) is 5. The van der Waals surface area contributed by atoms with Gasteiger partial charge in [-0.3, -0.25) is 4.79 Å². The molecule has 0 radical (unpaired) electrons. The van der Waals surface area contributed by atoms with Crippen LogP contribution in [0.25, 0.3) is 0 Å². The first-order chi connectivity index (χ1) is 19.5. The quantitative estimate of drug-likeness (QED) is 0.101. The average molecular weight is 594 g/mol. The van der Waals surface area contributed by atoms with Crippen molar-refractivity contribution in [3.8, 4) is 0 Å². The van der Waals surface area contributed by atoms with Crippen molar-refractivity contribution < 1.29 is 39.5 Å². The minimum Gasteiger partial charge on any atom is -0.462 e. The van der Waals surface area contributed by atoms with Gasteiger partial charge in [0.2, 0.25) is 0 Å². The molecule has 0 aromatic carbocycles. The van der Waals surface area contributed by atoms with Crippen molar-refractivity contribution in [2.45, 2.75) is 105 Å². The van der Waals surface area contributed by atoms with Crippen LogP contribution < -0.4 is 5.73 Å². The van der Waals surface area contributed by atoms with Gasteiger partial charge in [-0.05, 0) is 26.2 Å². The third-order valence-corrected chi connectivity index (χ3v) is 8.62. The van der Waals surface area contributed by atoms with Gasteiger partial charge in [-0.2, -0.15) is 0 Å². The highest BCUT2D eigenvalue weighted by Gasteiger charge is 2.41. The van der Waals surface area contributed by atoms with Gasteiger partial charge in [-0.25, -0.2) is 4.79 Å². The van der Waals surface area contributed by atoms with Crippen molar-refractivity contribution in [1.29, 1.82) is 0 Å². The Bertz CT molecular complexity index is 962. The smallest absolute Gasteiger partial charge is 0.404 e. The summed E-state index contributed by atoms with van der Waals surface area (Å²) >= 11 is 0. The Hall–Kier alpha value is -2.46. The third kappa shape index (κ3) is 11.3. The fraction of sp³-hybridized carbons (Fsp3) is 0.697. The summed E-state index contributed by atoms with van der Waals surface area (Å²) in [7, 11) is 0. The summed E-state index contributed by atoms with van der Waals surface area (Å²) in [5.74, 6) is -2.52. The Kier molecular flexibility index (Phi) is 15.7. The molecule has 1 aliphatic rings. The Balaban J connectivity index is 2.76. The van der Waals surface area contributed by atoms with E-state index in [1.54, 1.807) is 38.2 Å². The van der Waals surface area contributed by atoms with Crippen LogP contribution in [0.1, 0.15) is 68.2 Å². The molecule has 0 aromatic rings. The van der Waals surface area contributed by atoms with Crippen molar-refractivity contribution in [2.75, 3.05) is 0 Å². The molecule has 1 aliphatic heterocycles. The van der Waals surface area contributed by atoms with E-state index in [0.29, 0.717) is 6.42 Å². The van der Waals surface area contributed by atoms with Crippen LogP contribution in [0.2, 0.25) is 0 Å². The lowest BCUT2D eigenvalue weighted by Crippen LogP contribution is -2.47. The molecule has 42 heavy (non-hydrogen) atoms. The Morgan fingerprint density at radius 1 is 1.02 bits per heavy atom. The van der Waals surface area contributed by atoms with Crippen LogP contribution in [0.15, 0.2) is 48.6 Å². The van der Waals surface area contributed by atoms with E-state index >= 15 is 0 Å². The van der Waals surface area contributed by atoms with Crippen LogP contribution in [-0.4, -0.2) is 69.1 Å². The van der Waals surface area contributed by atoms with Crippen molar-refractivity contribution >= 4 is 12.1 Å². The molecule has 1 amide bonds. The summed E-state index contributed by atoms with van der Waals surface area (Å²) in [6.07, 6.45) is 6.04. The second-order valence-corrected chi connectivity index (χ2v) is 12.4. The highest BCUT2D eigenvalue weighted by molar-refractivity contribution is 5.73. The van der Waals surface area contributed by atoms with E-state index in [1.807, 2.05) is 53.7 Å². The first-order valence-electron chi connectivity index (χ1n) is 15.0. The largest absolute Gasteiger partial charge is 0.462 e. The summed E-state index contributed by atoms with van der Waals surface area (Å²) in [5, 5.41) is 42.8. The predicted octanol–water partition coefficient (Wildman–Crippen LogP) is 4.30. The molecule has 0 saturated carbocycles. The Labute approximate surface area is 252 Å². The van der Waals surface area contributed by atoms with Crippen molar-refractivity contribution in [1.82, 2.24) is 0 Å². The maximum Gasteiger partial charge on any atom is 0.404 e. The molecule has 0 unspecified atom stereocenters. The molecule has 1 rings (SSSR count). The summed E-state index contributed by atoms with van der Waals surface area (Å²) in [4.78, 5) is 23.5. The minimum atomic E-state index is -0.894. The van der Waals surface area contributed by atoms with Crippen LogP contribution in [0, 0.1) is 41.4 Å². The SMILES string of the molecule is C=C/C=C\[C@H](C)[C@H](OC(N)=O)[C@@H](C)[C@H](O)[C@@H](C)C/C(C)=C\[C@H](C)[C@@H](O)[C@@H](C)/C=C\[C@@H](O)C[C@@H]1OC(=O)[C@@H](C)[C@@H](O)[C@H]1C. The molecule has 9 nitrogen and oxygen atoms in total. The number of amides is 1. The number of allylic oxidation sites excluding steroid dienone is 3. The van der Waals surface area contributed by atoms with Crippen LogP contribution in [0.4, 0.5) is 4.79 Å². The van der Waals surface area contributed by atoms with Crippen LogP contribution in [0.5, 0.6) is 0 Å². The van der Waals surface area contributed by atoms with E-state index in [9.17, 15) is 30.0 Å². The first-order valence-corrected chi connectivity index (χ1v) is 15.0. The molecular formula is C33H55NO8. The molecule has 1 heterocycles. The molecule has 9 heteroatoms. The topological polar surface area (TPSA) is 160 Å². The zero-order valence-electron chi connectivity index (χ0n) is 26.6. The molecule has 13 atom stereocenters. The van der Waals surface area contributed by atoms with E-state index in [0.717, 1.165) is 5.57 Å². The third-order valence-electron chi connectivity index (χ3n) is 8.62. The van der Waals surface area contributed by atoms with Gasteiger partial charge in [0.15, 0.2) is 0 Å². The van der Waals surface area contributed by atoms with E-state index in [4.69, 9.17) is 15.2 Å². The van der Waals surface area contributed by atoms with E-state index in [-0.39, 0.29) is 41.9 Å². The lowest BCUT2D eigenvalue weighted by molar-refractivity contribution is -0.179. The van der Waals surface area contributed by atoms with E-state index in [2.05, 4.69) is 6.58 Å². The number of aliphatic hydroxyl groups excluding tert-OH is 4. The number of primary amides is 1. The maximum absolute atomic E-state index is 12.0. The van der Waals surface area contributed by atoms with Crippen molar-refractivity contribution in [2.24, 2.45) is 47.2 Å². The second kappa shape index (κ2) is 17.6. The van der Waals surface area contributed by atoms with Crippen LogP contribution in [0.3, 0.4) is 0 Å². The molecule has 6 N–H and O–H groups in total. The lowest BCUT2D eigenvalue weighted by atomic mass is 9.81. The monoisotopic (exact) mass is 593 g/mol. The molecule has 240 valence electrons. The molecular weight excluding hydrogens is 538 g/mol. The minimum absolute atomic E-state index is 0.152. The Morgan fingerprint density at radius 2 is 1.64 bits per heavy atom. The molecule has 1 saturated heterocycles. The van der Waals surface area contributed by atoms with Gasteiger partial charge in [-0.1, -0.05) is 90.2 Å². The zero-order valence-corrected chi connectivity index (χ0v) is 26.6. The molecule has 0 spiro atoms. The van der Waals surface area contributed by atoms with Gasteiger partial charge in [0.05, 0.1) is 30.3 Å². The summed E-state index contributed by atoms with van der Waals surface area (Å²) in [5.41, 5.74) is 6.30. The average Bonchev–Trinajstić information content (AvgIpc) is 2.93. The zero-order chi connectivity index (χ0) is 32.3. The van der Waals surface area contributed by atoms with Gasteiger partial charge in [-0.15, -0.1) is 0 Å². The fourth-order valence-corrected chi connectivity index (χ4v) is 5.80. The number of carbonyl (C=O) groups excluding carboxylic acids is 2. The fourth-order valence-electron chi connectivity index (χ4n) is 5.80. The van der Waals surface area contributed by atoms with Crippen molar-refractivity contribution in [3.63, 3.8) is 0 Å². The molecule has 0 aliphatic carbocycles. The predicted molar refractivity (Wildman–Crippen MR) is 164 cm³/mol. The maximum atomic E-state index is 12.0. The van der Waals surface area contributed by atoms with Gasteiger partial charge in [0.25, 0.3) is 0 Å². The lowest BCUT2D eigenvalue weighted by Gasteiger charge is -2.36. The number of rotatable bonds is 16. The number of hydrogen-bond acceptors (Lipinski definition) is 8. The molecule has 1 fully saturated rings. The van der Waals surface area contributed by atoms with Gasteiger partial charge < -0.3 is 35.6 Å².